The summed E-state index contributed by atoms with van der Waals surface area (Å²) in [7, 11) is 0. The summed E-state index contributed by atoms with van der Waals surface area (Å²) < 4.78 is 0. The molecule has 1 aromatic carbocycles. The number of rotatable bonds is 2. The van der Waals surface area contributed by atoms with Crippen molar-refractivity contribution in [2.75, 3.05) is 16.8 Å². The van der Waals surface area contributed by atoms with E-state index in [1.807, 2.05) is 24.3 Å². The molecular formula is C15H10N8. The molecule has 0 radical (unpaired) electrons. The van der Waals surface area contributed by atoms with E-state index in [0.717, 1.165) is 0 Å². The van der Waals surface area contributed by atoms with Gasteiger partial charge in [0.2, 0.25) is 0 Å². The molecule has 1 heterocycles. The minimum absolute atomic E-state index is 0.0134. The first-order valence-corrected chi connectivity index (χ1v) is 6.40. The molecular weight excluding hydrogens is 292 g/mol. The molecule has 1 atom stereocenters. The molecule has 8 nitrogen and oxygen atoms in total. The number of benzene rings is 1. The SMILES string of the molecule is N#CCC(C#N)=Nc1c(N)cc(N)c2c1C=C(C#N)C(C#N)N2. The first-order chi connectivity index (χ1) is 11.0. The normalized spacial score (nSPS) is 15.7. The molecule has 0 aromatic heterocycles. The van der Waals surface area contributed by atoms with Crippen molar-refractivity contribution in [3.63, 3.8) is 0 Å². The summed E-state index contributed by atoms with van der Waals surface area (Å²) >= 11 is 0. The van der Waals surface area contributed by atoms with Gasteiger partial charge in [-0.15, -0.1) is 0 Å². The van der Waals surface area contributed by atoms with Crippen molar-refractivity contribution in [2.24, 2.45) is 4.99 Å². The van der Waals surface area contributed by atoms with Gasteiger partial charge < -0.3 is 16.8 Å². The molecule has 1 aromatic rings. The van der Waals surface area contributed by atoms with Crippen molar-refractivity contribution in [2.45, 2.75) is 12.5 Å². The van der Waals surface area contributed by atoms with Gasteiger partial charge in [-0.25, -0.2) is 4.99 Å². The van der Waals surface area contributed by atoms with Crippen LogP contribution >= 0.6 is 0 Å². The molecule has 0 spiro atoms. The van der Waals surface area contributed by atoms with Crippen LogP contribution in [0.5, 0.6) is 0 Å². The fraction of sp³-hybridized carbons (Fsp3) is 0.133. The highest BCUT2D eigenvalue weighted by Gasteiger charge is 2.25. The largest absolute Gasteiger partial charge is 0.397 e. The molecule has 8 heteroatoms. The van der Waals surface area contributed by atoms with E-state index in [9.17, 15) is 0 Å². The van der Waals surface area contributed by atoms with Crippen molar-refractivity contribution in [3.8, 4) is 24.3 Å². The van der Waals surface area contributed by atoms with Crippen molar-refractivity contribution >= 4 is 34.5 Å². The van der Waals surface area contributed by atoms with E-state index in [1.54, 1.807) is 0 Å². The van der Waals surface area contributed by atoms with Gasteiger partial charge in [0.15, 0.2) is 0 Å². The Bertz CT molecular complexity index is 896. The second-order valence-electron chi connectivity index (χ2n) is 4.62. The van der Waals surface area contributed by atoms with Crippen molar-refractivity contribution < 1.29 is 0 Å². The van der Waals surface area contributed by atoms with E-state index in [0.29, 0.717) is 16.9 Å². The maximum atomic E-state index is 9.16. The second-order valence-corrected chi connectivity index (χ2v) is 4.62. The third-order valence-corrected chi connectivity index (χ3v) is 3.18. The Kier molecular flexibility index (Phi) is 4.13. The number of hydrogen-bond acceptors (Lipinski definition) is 8. The number of nitrogens with two attached hydrogens (primary N) is 2. The number of nitrogens with one attached hydrogen (secondary N) is 1. The summed E-state index contributed by atoms with van der Waals surface area (Å²) in [6.45, 7) is 0. The molecule has 1 aliphatic rings. The number of fused-ring (bicyclic) bond motifs is 1. The monoisotopic (exact) mass is 302 g/mol. The van der Waals surface area contributed by atoms with Crippen LogP contribution in [0.3, 0.4) is 0 Å². The Morgan fingerprint density at radius 2 is 1.96 bits per heavy atom. The lowest BCUT2D eigenvalue weighted by molar-refractivity contribution is 1.06. The Balaban J connectivity index is 2.74. The number of aliphatic imine (C=N–C) groups is 1. The van der Waals surface area contributed by atoms with Crippen LogP contribution in [0.1, 0.15) is 12.0 Å². The molecule has 1 aliphatic heterocycles. The Morgan fingerprint density at radius 1 is 1.22 bits per heavy atom. The van der Waals surface area contributed by atoms with Gasteiger partial charge >= 0.3 is 0 Å². The van der Waals surface area contributed by atoms with Crippen LogP contribution in [-0.4, -0.2) is 11.8 Å². The lowest BCUT2D eigenvalue weighted by atomic mass is 9.96. The summed E-state index contributed by atoms with van der Waals surface area (Å²) in [6.07, 6.45) is 1.30. The Labute approximate surface area is 132 Å². The zero-order chi connectivity index (χ0) is 17.0. The van der Waals surface area contributed by atoms with Gasteiger partial charge in [-0.3, -0.25) is 0 Å². The molecule has 0 aliphatic carbocycles. The second kappa shape index (κ2) is 6.18. The topological polar surface area (TPSA) is 172 Å². The first-order valence-electron chi connectivity index (χ1n) is 6.40. The van der Waals surface area contributed by atoms with E-state index in [-0.39, 0.29) is 29.1 Å². The minimum atomic E-state index is -0.829. The van der Waals surface area contributed by atoms with Crippen LogP contribution in [0.25, 0.3) is 6.08 Å². The maximum Gasteiger partial charge on any atom is 0.150 e. The zero-order valence-electron chi connectivity index (χ0n) is 11.8. The van der Waals surface area contributed by atoms with Crippen LogP contribution in [0.15, 0.2) is 16.6 Å². The highest BCUT2D eigenvalue weighted by Crippen LogP contribution is 2.42. The number of nitrogen functional groups attached to an aromatic ring is 2. The Hall–Kier alpha value is -4.01. The quantitative estimate of drug-likeness (QED) is 0.549. The predicted molar refractivity (Wildman–Crippen MR) is 84.8 cm³/mol. The van der Waals surface area contributed by atoms with Crippen LogP contribution in [0.4, 0.5) is 22.7 Å². The number of hydrogen-bond donors (Lipinski definition) is 3. The van der Waals surface area contributed by atoms with E-state index >= 15 is 0 Å². The van der Waals surface area contributed by atoms with Gasteiger partial charge in [0.25, 0.3) is 0 Å². The van der Waals surface area contributed by atoms with Crippen molar-refractivity contribution in [1.29, 1.82) is 21.0 Å². The number of anilines is 3. The minimum Gasteiger partial charge on any atom is -0.397 e. The van der Waals surface area contributed by atoms with Gasteiger partial charge in [-0.05, 0) is 12.1 Å². The predicted octanol–water partition coefficient (Wildman–Crippen LogP) is 1.59. The Morgan fingerprint density at radius 3 is 2.52 bits per heavy atom. The standard InChI is InChI=1S/C15H10N8/c16-2-1-9(6-18)22-14-10-3-8(5-17)13(7-19)23-15(10)12(21)4-11(14)20/h3-4,13,23H,1,20-21H2. The van der Waals surface area contributed by atoms with Crippen LogP contribution in [-0.2, 0) is 0 Å². The molecule has 0 fully saturated rings. The molecule has 0 amide bonds. The van der Waals surface area contributed by atoms with Gasteiger partial charge in [-0.1, -0.05) is 0 Å². The summed E-state index contributed by atoms with van der Waals surface area (Å²) in [5.74, 6) is 0. The smallest absolute Gasteiger partial charge is 0.150 e. The van der Waals surface area contributed by atoms with Gasteiger partial charge in [0.1, 0.15) is 17.8 Å². The molecule has 2 rings (SSSR count). The summed E-state index contributed by atoms with van der Waals surface area (Å²) in [5.41, 5.74) is 13.6. The first kappa shape index (κ1) is 15.4. The highest BCUT2D eigenvalue weighted by atomic mass is 15.0. The third kappa shape index (κ3) is 2.74. The van der Waals surface area contributed by atoms with Crippen LogP contribution in [0, 0.1) is 45.3 Å². The summed E-state index contributed by atoms with van der Waals surface area (Å²) in [5, 5.41) is 38.9. The molecule has 110 valence electrons. The molecule has 23 heavy (non-hydrogen) atoms. The fourth-order valence-corrected chi connectivity index (χ4v) is 2.14. The van der Waals surface area contributed by atoms with Crippen LogP contribution < -0.4 is 16.8 Å². The average molecular weight is 302 g/mol. The third-order valence-electron chi connectivity index (χ3n) is 3.18. The number of nitrogens with zero attached hydrogens (tertiary/aromatic N) is 5. The van der Waals surface area contributed by atoms with E-state index in [2.05, 4.69) is 10.3 Å². The lowest BCUT2D eigenvalue weighted by Crippen LogP contribution is -2.24. The van der Waals surface area contributed by atoms with E-state index < -0.39 is 6.04 Å². The van der Waals surface area contributed by atoms with Crippen molar-refractivity contribution in [1.82, 2.24) is 0 Å². The van der Waals surface area contributed by atoms with E-state index in [1.165, 1.54) is 12.1 Å². The average Bonchev–Trinajstić information content (AvgIpc) is 2.56. The molecule has 0 saturated heterocycles. The maximum absolute atomic E-state index is 9.16. The van der Waals surface area contributed by atoms with Crippen molar-refractivity contribution in [3.05, 3.63) is 17.2 Å². The molecule has 0 bridgehead atoms. The number of nitriles is 4. The van der Waals surface area contributed by atoms with Crippen LogP contribution in [0.2, 0.25) is 0 Å². The van der Waals surface area contributed by atoms with Gasteiger partial charge in [0, 0.05) is 5.56 Å². The zero-order valence-corrected chi connectivity index (χ0v) is 11.8. The summed E-state index contributed by atoms with van der Waals surface area (Å²) in [4.78, 5) is 4.12. The highest BCUT2D eigenvalue weighted by molar-refractivity contribution is 6.04. The summed E-state index contributed by atoms with van der Waals surface area (Å²) in [6, 6.07) is 8.18. The molecule has 0 saturated carbocycles. The fourth-order valence-electron chi connectivity index (χ4n) is 2.14. The van der Waals surface area contributed by atoms with Gasteiger partial charge in [-0.2, -0.15) is 21.0 Å². The lowest BCUT2D eigenvalue weighted by Gasteiger charge is -2.23. The van der Waals surface area contributed by atoms with Gasteiger partial charge in [0.05, 0.1) is 53.0 Å². The molecule has 1 unspecified atom stereocenters. The van der Waals surface area contributed by atoms with E-state index in [4.69, 9.17) is 32.5 Å². The molecule has 5 N–H and O–H groups in total.